The Bertz CT molecular complexity index is 870. The van der Waals surface area contributed by atoms with Gasteiger partial charge < -0.3 is 15.0 Å². The van der Waals surface area contributed by atoms with E-state index >= 15 is 0 Å². The van der Waals surface area contributed by atoms with Crippen LogP contribution in [0.3, 0.4) is 0 Å². The summed E-state index contributed by atoms with van der Waals surface area (Å²) in [4.78, 5) is 10.8. The van der Waals surface area contributed by atoms with Gasteiger partial charge in [-0.3, -0.25) is 0 Å². The summed E-state index contributed by atoms with van der Waals surface area (Å²) in [5, 5.41) is 3.21. The third-order valence-corrected chi connectivity index (χ3v) is 4.10. The highest BCUT2D eigenvalue weighted by Crippen LogP contribution is 2.20. The molecule has 0 fully saturated rings. The molecule has 0 aliphatic rings. The van der Waals surface area contributed by atoms with Gasteiger partial charge in [-0.15, -0.1) is 0 Å². The fourth-order valence-corrected chi connectivity index (χ4v) is 2.55. The molecule has 3 aromatic rings. The summed E-state index contributed by atoms with van der Waals surface area (Å²) in [6.07, 6.45) is 1.63. The zero-order valence-corrected chi connectivity index (χ0v) is 15.5. The van der Waals surface area contributed by atoms with Gasteiger partial charge >= 0.3 is 0 Å². The van der Waals surface area contributed by atoms with E-state index < -0.39 is 0 Å². The van der Waals surface area contributed by atoms with Crippen molar-refractivity contribution in [2.24, 2.45) is 0 Å². The fraction of sp³-hybridized carbons (Fsp3) is 0.238. The molecule has 3 rings (SSSR count). The number of benzene rings is 2. The Morgan fingerprint density at radius 1 is 1.07 bits per heavy atom. The third-order valence-electron chi connectivity index (χ3n) is 4.10. The molecule has 1 heterocycles. The van der Waals surface area contributed by atoms with E-state index in [1.165, 1.54) is 17.7 Å². The minimum Gasteiger partial charge on any atom is -0.439 e. The molecule has 0 aliphatic carbocycles. The van der Waals surface area contributed by atoms with Gasteiger partial charge in [-0.05, 0) is 49.0 Å². The second-order valence-corrected chi connectivity index (χ2v) is 6.28. The Morgan fingerprint density at radius 2 is 1.85 bits per heavy atom. The quantitative estimate of drug-likeness (QED) is 0.637. The second-order valence-electron chi connectivity index (χ2n) is 6.28. The van der Waals surface area contributed by atoms with E-state index in [1.807, 2.05) is 0 Å². The number of rotatable bonds is 8. The first-order valence-electron chi connectivity index (χ1n) is 8.89. The summed E-state index contributed by atoms with van der Waals surface area (Å²) in [6, 6.07) is 15.9. The smallest absolute Gasteiger partial charge is 0.226 e. The van der Waals surface area contributed by atoms with Gasteiger partial charge in [0.05, 0.1) is 0 Å². The minimum atomic E-state index is -0.306. The van der Waals surface area contributed by atoms with Crippen molar-refractivity contribution in [1.29, 1.82) is 0 Å². The van der Waals surface area contributed by atoms with Gasteiger partial charge in [0.2, 0.25) is 11.8 Å². The van der Waals surface area contributed by atoms with Crippen molar-refractivity contribution < 1.29 is 9.13 Å². The maximum Gasteiger partial charge on any atom is 0.226 e. The molecular formula is C21H23FN4O. The van der Waals surface area contributed by atoms with Gasteiger partial charge in [0, 0.05) is 25.4 Å². The van der Waals surface area contributed by atoms with Crippen molar-refractivity contribution in [3.63, 3.8) is 0 Å². The molecule has 0 radical (unpaired) electrons. The van der Waals surface area contributed by atoms with Gasteiger partial charge in [-0.1, -0.05) is 31.2 Å². The average Bonchev–Trinajstić information content (AvgIpc) is 2.69. The molecule has 0 spiro atoms. The first-order valence-corrected chi connectivity index (χ1v) is 8.89. The number of ether oxygens (including phenoxy) is 1. The lowest BCUT2D eigenvalue weighted by molar-refractivity contribution is 0.345. The Balaban J connectivity index is 1.61. The lowest BCUT2D eigenvalue weighted by atomic mass is 10.1. The van der Waals surface area contributed by atoms with Crippen LogP contribution in [0.5, 0.6) is 11.6 Å². The standard InChI is InChI=1S/C21H23FN4O/c1-3-26(2)15-17-6-4-5-16(13-17)14-24-21-23-12-11-20(25-21)27-19-9-7-18(22)8-10-19/h4-13H,3,14-15H2,1-2H3,(H,23,24,25). The molecule has 0 unspecified atom stereocenters. The van der Waals surface area contributed by atoms with E-state index in [2.05, 4.69) is 58.4 Å². The first-order chi connectivity index (χ1) is 13.1. The Morgan fingerprint density at radius 3 is 2.63 bits per heavy atom. The van der Waals surface area contributed by atoms with Crippen molar-refractivity contribution in [2.75, 3.05) is 18.9 Å². The van der Waals surface area contributed by atoms with Crippen LogP contribution in [-0.4, -0.2) is 28.5 Å². The summed E-state index contributed by atoms with van der Waals surface area (Å²) in [5.41, 5.74) is 2.43. The van der Waals surface area contributed by atoms with Crippen LogP contribution < -0.4 is 10.1 Å². The molecule has 0 atom stereocenters. The highest BCUT2D eigenvalue weighted by molar-refractivity contribution is 5.33. The fourth-order valence-electron chi connectivity index (χ4n) is 2.55. The number of anilines is 1. The molecule has 140 valence electrons. The zero-order valence-electron chi connectivity index (χ0n) is 15.5. The Labute approximate surface area is 158 Å². The number of nitrogens with zero attached hydrogens (tertiary/aromatic N) is 3. The molecule has 1 aromatic heterocycles. The van der Waals surface area contributed by atoms with E-state index in [9.17, 15) is 4.39 Å². The lowest BCUT2D eigenvalue weighted by Gasteiger charge is -2.14. The summed E-state index contributed by atoms with van der Waals surface area (Å²) >= 11 is 0. The van der Waals surface area contributed by atoms with Gasteiger partial charge in [0.25, 0.3) is 0 Å². The van der Waals surface area contributed by atoms with E-state index in [4.69, 9.17) is 4.74 Å². The molecule has 0 bridgehead atoms. The maximum atomic E-state index is 13.0. The SMILES string of the molecule is CCN(C)Cc1cccc(CNc2nccc(Oc3ccc(F)cc3)n2)c1. The zero-order chi connectivity index (χ0) is 19.1. The lowest BCUT2D eigenvalue weighted by Crippen LogP contribution is -2.16. The predicted molar refractivity (Wildman–Crippen MR) is 104 cm³/mol. The van der Waals surface area contributed by atoms with Gasteiger partial charge in [0.15, 0.2) is 0 Å². The van der Waals surface area contributed by atoms with Crippen molar-refractivity contribution in [3.8, 4) is 11.6 Å². The van der Waals surface area contributed by atoms with Crippen LogP contribution >= 0.6 is 0 Å². The van der Waals surface area contributed by atoms with Crippen molar-refractivity contribution in [1.82, 2.24) is 14.9 Å². The van der Waals surface area contributed by atoms with E-state index in [1.54, 1.807) is 24.4 Å². The number of nitrogens with one attached hydrogen (secondary N) is 1. The number of hydrogen-bond acceptors (Lipinski definition) is 5. The van der Waals surface area contributed by atoms with Crippen LogP contribution in [0.15, 0.2) is 60.8 Å². The van der Waals surface area contributed by atoms with Crippen LogP contribution in [-0.2, 0) is 13.1 Å². The monoisotopic (exact) mass is 366 g/mol. The largest absolute Gasteiger partial charge is 0.439 e. The Hall–Kier alpha value is -2.99. The molecule has 1 N–H and O–H groups in total. The average molecular weight is 366 g/mol. The van der Waals surface area contributed by atoms with Crippen LogP contribution in [0.25, 0.3) is 0 Å². The van der Waals surface area contributed by atoms with Crippen LogP contribution in [0.1, 0.15) is 18.1 Å². The van der Waals surface area contributed by atoms with Crippen LogP contribution in [0.2, 0.25) is 0 Å². The molecule has 0 saturated heterocycles. The normalized spacial score (nSPS) is 10.8. The van der Waals surface area contributed by atoms with Gasteiger partial charge in [-0.25, -0.2) is 9.37 Å². The highest BCUT2D eigenvalue weighted by Gasteiger charge is 2.04. The van der Waals surface area contributed by atoms with Crippen molar-refractivity contribution in [3.05, 3.63) is 77.7 Å². The molecule has 5 nitrogen and oxygen atoms in total. The van der Waals surface area contributed by atoms with Crippen LogP contribution in [0.4, 0.5) is 10.3 Å². The number of halogens is 1. The molecule has 27 heavy (non-hydrogen) atoms. The topological polar surface area (TPSA) is 50.3 Å². The summed E-state index contributed by atoms with van der Waals surface area (Å²) in [6.45, 7) is 4.69. The molecule has 0 saturated carbocycles. The summed E-state index contributed by atoms with van der Waals surface area (Å²) < 4.78 is 18.6. The molecule has 0 aliphatic heterocycles. The highest BCUT2D eigenvalue weighted by atomic mass is 19.1. The third kappa shape index (κ3) is 5.76. The van der Waals surface area contributed by atoms with Gasteiger partial charge in [-0.2, -0.15) is 4.98 Å². The number of aromatic nitrogens is 2. The molecule has 6 heteroatoms. The predicted octanol–water partition coefficient (Wildman–Crippen LogP) is 4.47. The van der Waals surface area contributed by atoms with Gasteiger partial charge in [0.1, 0.15) is 11.6 Å². The maximum absolute atomic E-state index is 13.0. The Kier molecular flexibility index (Phi) is 6.33. The molecule has 2 aromatic carbocycles. The van der Waals surface area contributed by atoms with E-state index in [0.29, 0.717) is 24.1 Å². The minimum absolute atomic E-state index is 0.306. The van der Waals surface area contributed by atoms with Crippen LogP contribution in [0, 0.1) is 5.82 Å². The summed E-state index contributed by atoms with van der Waals surface area (Å²) in [7, 11) is 2.10. The molecule has 0 amide bonds. The molecular weight excluding hydrogens is 343 g/mol. The van der Waals surface area contributed by atoms with E-state index in [-0.39, 0.29) is 5.82 Å². The summed E-state index contributed by atoms with van der Waals surface area (Å²) in [5.74, 6) is 1.09. The second kappa shape index (κ2) is 9.09. The van der Waals surface area contributed by atoms with Crippen molar-refractivity contribution >= 4 is 5.95 Å². The van der Waals surface area contributed by atoms with E-state index in [0.717, 1.165) is 18.7 Å². The van der Waals surface area contributed by atoms with Crippen molar-refractivity contribution in [2.45, 2.75) is 20.0 Å². The first kappa shape index (κ1) is 18.8. The number of hydrogen-bond donors (Lipinski definition) is 1.